The number of benzene rings is 2. The highest BCUT2D eigenvalue weighted by molar-refractivity contribution is 7.98. The van der Waals surface area contributed by atoms with Crippen LogP contribution in [0.2, 0.25) is 5.02 Å². The van der Waals surface area contributed by atoms with E-state index in [0.717, 1.165) is 22.3 Å². The number of hydrogen-bond acceptors (Lipinski definition) is 5. The summed E-state index contributed by atoms with van der Waals surface area (Å²) in [5.41, 5.74) is 2.01. The highest BCUT2D eigenvalue weighted by Crippen LogP contribution is 2.24. The van der Waals surface area contributed by atoms with Crippen LogP contribution >= 0.6 is 23.4 Å². The Hall–Kier alpha value is -2.05. The average molecular weight is 333 g/mol. The third kappa shape index (κ3) is 3.40. The second-order valence-corrected chi connectivity index (χ2v) is 5.87. The number of methoxy groups -OCH3 is 1. The van der Waals surface area contributed by atoms with Crippen LogP contribution in [0.4, 0.5) is 0 Å². The van der Waals surface area contributed by atoms with Crippen molar-refractivity contribution < 1.29 is 4.74 Å². The van der Waals surface area contributed by atoms with Crippen molar-refractivity contribution in [1.29, 1.82) is 0 Å². The lowest BCUT2D eigenvalue weighted by molar-refractivity contribution is 0.414. The maximum atomic E-state index is 6.02. The summed E-state index contributed by atoms with van der Waals surface area (Å²) in [6.07, 6.45) is 0. The molecule has 2 aromatic carbocycles. The zero-order valence-corrected chi connectivity index (χ0v) is 13.4. The van der Waals surface area contributed by atoms with E-state index in [-0.39, 0.29) is 0 Å². The van der Waals surface area contributed by atoms with Gasteiger partial charge in [-0.3, -0.25) is 0 Å². The third-order valence-electron chi connectivity index (χ3n) is 3.02. The van der Waals surface area contributed by atoms with Gasteiger partial charge in [-0.05, 0) is 46.3 Å². The van der Waals surface area contributed by atoms with Crippen LogP contribution in [0.15, 0.2) is 53.7 Å². The van der Waals surface area contributed by atoms with E-state index in [1.54, 1.807) is 23.6 Å². The van der Waals surface area contributed by atoms with E-state index in [4.69, 9.17) is 16.3 Å². The summed E-state index contributed by atoms with van der Waals surface area (Å²) in [7, 11) is 1.66. The number of thioether (sulfide) groups is 1. The SMILES string of the molecule is COc1ccc(CSc2nnnn2-c2cccc(Cl)c2)cc1. The Morgan fingerprint density at radius 1 is 1.18 bits per heavy atom. The number of ether oxygens (including phenoxy) is 1. The van der Waals surface area contributed by atoms with Gasteiger partial charge in [-0.2, -0.15) is 4.68 Å². The van der Waals surface area contributed by atoms with Gasteiger partial charge in [0, 0.05) is 10.8 Å². The lowest BCUT2D eigenvalue weighted by Crippen LogP contribution is -1.99. The number of nitrogens with zero attached hydrogens (tertiary/aromatic N) is 4. The quantitative estimate of drug-likeness (QED) is 0.668. The van der Waals surface area contributed by atoms with Crippen molar-refractivity contribution >= 4 is 23.4 Å². The molecule has 7 heteroatoms. The molecular formula is C15H13ClN4OS. The summed E-state index contributed by atoms with van der Waals surface area (Å²) in [6.45, 7) is 0. The Morgan fingerprint density at radius 2 is 2.00 bits per heavy atom. The van der Waals surface area contributed by atoms with Crippen molar-refractivity contribution in [2.24, 2.45) is 0 Å². The lowest BCUT2D eigenvalue weighted by Gasteiger charge is -2.05. The van der Waals surface area contributed by atoms with Crippen molar-refractivity contribution in [3.8, 4) is 11.4 Å². The first kappa shape index (κ1) is 14.9. The largest absolute Gasteiger partial charge is 0.497 e. The minimum Gasteiger partial charge on any atom is -0.497 e. The van der Waals surface area contributed by atoms with E-state index in [2.05, 4.69) is 15.5 Å². The fourth-order valence-corrected chi connectivity index (χ4v) is 2.94. The fraction of sp³-hybridized carbons (Fsp3) is 0.133. The van der Waals surface area contributed by atoms with E-state index < -0.39 is 0 Å². The van der Waals surface area contributed by atoms with Gasteiger partial charge in [0.2, 0.25) is 5.16 Å². The molecule has 0 saturated carbocycles. The van der Waals surface area contributed by atoms with E-state index in [1.807, 2.05) is 48.5 Å². The molecule has 0 fully saturated rings. The van der Waals surface area contributed by atoms with Crippen molar-refractivity contribution in [2.75, 3.05) is 7.11 Å². The van der Waals surface area contributed by atoms with Crippen molar-refractivity contribution in [1.82, 2.24) is 20.2 Å². The Kier molecular flexibility index (Phi) is 4.60. The number of halogens is 1. The third-order valence-corrected chi connectivity index (χ3v) is 4.25. The second kappa shape index (κ2) is 6.81. The fourth-order valence-electron chi connectivity index (χ4n) is 1.91. The van der Waals surface area contributed by atoms with Gasteiger partial charge in [-0.1, -0.05) is 41.6 Å². The minimum absolute atomic E-state index is 0.652. The van der Waals surface area contributed by atoms with E-state index >= 15 is 0 Å². The normalized spacial score (nSPS) is 10.6. The zero-order valence-electron chi connectivity index (χ0n) is 11.8. The first-order chi connectivity index (χ1) is 10.8. The van der Waals surface area contributed by atoms with E-state index in [0.29, 0.717) is 5.02 Å². The van der Waals surface area contributed by atoms with Crippen molar-refractivity contribution in [3.05, 3.63) is 59.1 Å². The minimum atomic E-state index is 0.652. The number of tetrazole rings is 1. The van der Waals surface area contributed by atoms with Crippen molar-refractivity contribution in [2.45, 2.75) is 10.9 Å². The van der Waals surface area contributed by atoms with Crippen LogP contribution in [0.3, 0.4) is 0 Å². The van der Waals surface area contributed by atoms with Crippen LogP contribution in [-0.4, -0.2) is 27.3 Å². The molecule has 22 heavy (non-hydrogen) atoms. The summed E-state index contributed by atoms with van der Waals surface area (Å²) in [5, 5.41) is 13.2. The Morgan fingerprint density at radius 3 is 2.73 bits per heavy atom. The molecule has 5 nitrogen and oxygen atoms in total. The molecule has 0 aliphatic rings. The molecule has 0 spiro atoms. The molecule has 3 rings (SSSR count). The molecule has 0 aliphatic heterocycles. The van der Waals surface area contributed by atoms with E-state index in [1.165, 1.54) is 5.56 Å². The molecule has 0 radical (unpaired) electrons. The van der Waals surface area contributed by atoms with Crippen LogP contribution in [0.5, 0.6) is 5.75 Å². The monoisotopic (exact) mass is 332 g/mol. The predicted molar refractivity (Wildman–Crippen MR) is 86.7 cm³/mol. The maximum Gasteiger partial charge on any atom is 0.214 e. The summed E-state index contributed by atoms with van der Waals surface area (Å²) in [6, 6.07) is 15.4. The van der Waals surface area contributed by atoms with Crippen LogP contribution in [0.1, 0.15) is 5.56 Å². The van der Waals surface area contributed by atoms with E-state index in [9.17, 15) is 0 Å². The van der Waals surface area contributed by atoms with Gasteiger partial charge in [-0.15, -0.1) is 5.10 Å². The van der Waals surface area contributed by atoms with Crippen LogP contribution in [0, 0.1) is 0 Å². The molecule has 0 unspecified atom stereocenters. The van der Waals surface area contributed by atoms with Gasteiger partial charge in [0.1, 0.15) is 5.75 Å². The average Bonchev–Trinajstić information content (AvgIpc) is 3.02. The maximum absolute atomic E-state index is 6.02. The van der Waals surface area contributed by atoms with Gasteiger partial charge >= 0.3 is 0 Å². The van der Waals surface area contributed by atoms with Gasteiger partial charge in [0.05, 0.1) is 12.8 Å². The number of hydrogen-bond donors (Lipinski definition) is 0. The summed E-state index contributed by atoms with van der Waals surface area (Å²) in [4.78, 5) is 0. The molecule has 0 amide bonds. The molecule has 0 N–H and O–H groups in total. The molecule has 0 aliphatic carbocycles. The Labute approximate surface area is 137 Å². The van der Waals surface area contributed by atoms with Gasteiger partial charge in [0.15, 0.2) is 0 Å². The smallest absolute Gasteiger partial charge is 0.214 e. The number of rotatable bonds is 5. The van der Waals surface area contributed by atoms with Gasteiger partial charge in [-0.25, -0.2) is 0 Å². The number of aromatic nitrogens is 4. The highest BCUT2D eigenvalue weighted by atomic mass is 35.5. The van der Waals surface area contributed by atoms with Crippen molar-refractivity contribution in [3.63, 3.8) is 0 Å². The zero-order chi connectivity index (χ0) is 15.4. The Bertz CT molecular complexity index is 760. The lowest BCUT2D eigenvalue weighted by atomic mass is 10.2. The highest BCUT2D eigenvalue weighted by Gasteiger charge is 2.09. The first-order valence-electron chi connectivity index (χ1n) is 6.56. The molecule has 0 bridgehead atoms. The Balaban J connectivity index is 1.75. The standard InChI is InChI=1S/C15H13ClN4OS/c1-21-14-7-5-11(6-8-14)10-22-15-17-18-19-20(15)13-4-2-3-12(16)9-13/h2-9H,10H2,1H3. The molecule has 3 aromatic rings. The van der Waals surface area contributed by atoms with Crippen LogP contribution in [0.25, 0.3) is 5.69 Å². The summed E-state index contributed by atoms with van der Waals surface area (Å²) in [5.74, 6) is 1.61. The molecule has 1 aromatic heterocycles. The van der Waals surface area contributed by atoms with Crippen LogP contribution < -0.4 is 4.74 Å². The first-order valence-corrected chi connectivity index (χ1v) is 7.92. The van der Waals surface area contributed by atoms with Gasteiger partial charge in [0.25, 0.3) is 0 Å². The predicted octanol–water partition coefficient (Wildman–Crippen LogP) is 3.62. The molecule has 1 heterocycles. The molecule has 0 saturated heterocycles. The molecular weight excluding hydrogens is 320 g/mol. The topological polar surface area (TPSA) is 52.8 Å². The summed E-state index contributed by atoms with van der Waals surface area (Å²) < 4.78 is 6.83. The second-order valence-electron chi connectivity index (χ2n) is 4.49. The summed E-state index contributed by atoms with van der Waals surface area (Å²) >= 11 is 7.58. The molecule has 112 valence electrons. The molecule has 0 atom stereocenters. The van der Waals surface area contributed by atoms with Gasteiger partial charge < -0.3 is 4.74 Å². The van der Waals surface area contributed by atoms with Crippen LogP contribution in [-0.2, 0) is 5.75 Å².